The van der Waals surface area contributed by atoms with Crippen molar-refractivity contribution in [3.8, 4) is 11.3 Å². The molecule has 4 aromatic carbocycles. The summed E-state index contributed by atoms with van der Waals surface area (Å²) in [7, 11) is 0. The zero-order valence-corrected chi connectivity index (χ0v) is 28.0. The Morgan fingerprint density at radius 3 is 2.22 bits per heavy atom. The van der Waals surface area contributed by atoms with Crippen molar-refractivity contribution in [2.24, 2.45) is 0 Å². The van der Waals surface area contributed by atoms with Crippen molar-refractivity contribution in [2.45, 2.75) is 4.90 Å². The van der Waals surface area contributed by atoms with Crippen LogP contribution in [0.2, 0.25) is 10.0 Å². The van der Waals surface area contributed by atoms with Gasteiger partial charge in [0.25, 0.3) is 11.8 Å². The molecule has 45 heavy (non-hydrogen) atoms. The molecule has 0 unspecified atom stereocenters. The van der Waals surface area contributed by atoms with Crippen LogP contribution in [0.1, 0.15) is 15.9 Å². The first-order valence-electron chi connectivity index (χ1n) is 13.3. The molecule has 0 aliphatic carbocycles. The van der Waals surface area contributed by atoms with Crippen molar-refractivity contribution in [3.63, 3.8) is 0 Å². The minimum Gasteiger partial charge on any atom is -0.321 e. The quantitative estimate of drug-likeness (QED) is 0.0982. The third-order valence-electron chi connectivity index (χ3n) is 6.19. The SMILES string of the molecule is O=C(CSc1ccc(NC(=O)/C(=C/c2c(Cl)cccc2Cl)NC(=O)c2ccccc2)cc1)Nc1nc(-c2ccc(Br)cc2)cs1. The summed E-state index contributed by atoms with van der Waals surface area (Å²) in [4.78, 5) is 44.1. The minimum absolute atomic E-state index is 0.0422. The second-order valence-corrected chi connectivity index (χ2v) is 13.0. The molecule has 3 amide bonds. The van der Waals surface area contributed by atoms with Crippen molar-refractivity contribution >= 4 is 96.8 Å². The average Bonchev–Trinajstić information content (AvgIpc) is 3.51. The maximum absolute atomic E-state index is 13.3. The number of hydrogen-bond donors (Lipinski definition) is 3. The summed E-state index contributed by atoms with van der Waals surface area (Å²) in [5.74, 6) is -1.04. The van der Waals surface area contributed by atoms with E-state index in [0.29, 0.717) is 32.0 Å². The van der Waals surface area contributed by atoms with E-state index < -0.39 is 11.8 Å². The molecule has 0 fully saturated rings. The first-order chi connectivity index (χ1) is 21.7. The number of carbonyl (C=O) groups is 3. The molecule has 1 aromatic heterocycles. The van der Waals surface area contributed by atoms with Gasteiger partial charge in [0.15, 0.2) is 5.13 Å². The summed E-state index contributed by atoms with van der Waals surface area (Å²) in [6.07, 6.45) is 1.44. The maximum Gasteiger partial charge on any atom is 0.272 e. The van der Waals surface area contributed by atoms with Gasteiger partial charge in [0.05, 0.1) is 11.4 Å². The van der Waals surface area contributed by atoms with Crippen LogP contribution in [0.25, 0.3) is 17.3 Å². The van der Waals surface area contributed by atoms with Crippen LogP contribution in [0.5, 0.6) is 0 Å². The number of hydrogen-bond acceptors (Lipinski definition) is 6. The Hall–Kier alpha value is -3.93. The van der Waals surface area contributed by atoms with Crippen LogP contribution < -0.4 is 16.0 Å². The number of benzene rings is 4. The second-order valence-electron chi connectivity index (χ2n) is 9.37. The molecular formula is C33H23BrCl2N4O3S2. The molecule has 5 aromatic rings. The lowest BCUT2D eigenvalue weighted by Gasteiger charge is -2.13. The van der Waals surface area contributed by atoms with Crippen molar-refractivity contribution in [1.29, 1.82) is 0 Å². The highest BCUT2D eigenvalue weighted by atomic mass is 79.9. The van der Waals surface area contributed by atoms with Crippen LogP contribution in [0.3, 0.4) is 0 Å². The molecule has 0 spiro atoms. The van der Waals surface area contributed by atoms with Crippen LogP contribution >= 0.6 is 62.2 Å². The topological polar surface area (TPSA) is 100 Å². The highest BCUT2D eigenvalue weighted by Crippen LogP contribution is 2.28. The minimum atomic E-state index is -0.569. The molecule has 226 valence electrons. The molecule has 0 atom stereocenters. The molecule has 3 N–H and O–H groups in total. The van der Waals surface area contributed by atoms with Crippen LogP contribution in [0, 0.1) is 0 Å². The average molecular weight is 739 g/mol. The fourth-order valence-electron chi connectivity index (χ4n) is 3.96. The Kier molecular flexibility index (Phi) is 11.1. The number of halogens is 3. The number of thiazole rings is 1. The molecule has 0 radical (unpaired) electrons. The fourth-order valence-corrected chi connectivity index (χ4v) is 6.16. The molecule has 12 heteroatoms. The molecule has 0 bridgehead atoms. The van der Waals surface area contributed by atoms with E-state index in [1.807, 2.05) is 29.6 Å². The standard InChI is InChI=1S/C33H23BrCl2N4O3S2/c34-22-11-9-20(10-12-22)29-18-45-33(39-29)40-30(41)19-44-24-15-13-23(14-16-24)37-32(43)28(17-25-26(35)7-4-8-27(25)36)38-31(42)21-5-2-1-3-6-21/h1-18H,19H2,(H,37,43)(H,38,42)(H,39,40,41)/b28-17-. The number of anilines is 2. The molecule has 0 saturated heterocycles. The number of aromatic nitrogens is 1. The predicted octanol–water partition coefficient (Wildman–Crippen LogP) is 9.02. The maximum atomic E-state index is 13.3. The second kappa shape index (κ2) is 15.4. The monoisotopic (exact) mass is 736 g/mol. The zero-order chi connectivity index (χ0) is 31.8. The molecule has 1 heterocycles. The number of amides is 3. The third-order valence-corrected chi connectivity index (χ3v) is 9.15. The van der Waals surface area contributed by atoms with E-state index in [4.69, 9.17) is 23.2 Å². The van der Waals surface area contributed by atoms with E-state index in [-0.39, 0.29) is 17.4 Å². The van der Waals surface area contributed by atoms with E-state index in [1.165, 1.54) is 29.2 Å². The number of nitrogens with zero attached hydrogens (tertiary/aromatic N) is 1. The number of nitrogens with one attached hydrogen (secondary N) is 3. The van der Waals surface area contributed by atoms with Crippen molar-refractivity contribution < 1.29 is 14.4 Å². The van der Waals surface area contributed by atoms with Gasteiger partial charge in [0, 0.05) is 47.2 Å². The molecule has 5 rings (SSSR count). The van der Waals surface area contributed by atoms with Gasteiger partial charge in [-0.15, -0.1) is 23.1 Å². The summed E-state index contributed by atoms with van der Waals surface area (Å²) in [5, 5.41) is 11.4. The lowest BCUT2D eigenvalue weighted by atomic mass is 10.1. The number of rotatable bonds is 10. The molecule has 7 nitrogen and oxygen atoms in total. The zero-order valence-electron chi connectivity index (χ0n) is 23.2. The normalized spacial score (nSPS) is 11.1. The third kappa shape index (κ3) is 9.06. The summed E-state index contributed by atoms with van der Waals surface area (Å²) in [6.45, 7) is 0. The summed E-state index contributed by atoms with van der Waals surface area (Å²) in [6, 6.07) is 28.3. The van der Waals surface area contributed by atoms with E-state index in [2.05, 4.69) is 36.9 Å². The van der Waals surface area contributed by atoms with Crippen molar-refractivity contribution in [1.82, 2.24) is 10.3 Å². The summed E-state index contributed by atoms with van der Waals surface area (Å²) < 4.78 is 0.982. The molecular weight excluding hydrogens is 715 g/mol. The number of thioether (sulfide) groups is 1. The Morgan fingerprint density at radius 1 is 0.844 bits per heavy atom. The van der Waals surface area contributed by atoms with Crippen molar-refractivity contribution in [2.75, 3.05) is 16.4 Å². The largest absolute Gasteiger partial charge is 0.321 e. The van der Waals surface area contributed by atoms with Gasteiger partial charge in [-0.2, -0.15) is 0 Å². The highest BCUT2D eigenvalue weighted by Gasteiger charge is 2.17. The molecule has 0 aliphatic heterocycles. The summed E-state index contributed by atoms with van der Waals surface area (Å²) in [5.41, 5.74) is 2.98. The van der Waals surface area contributed by atoms with Crippen molar-refractivity contribution in [3.05, 3.63) is 134 Å². The van der Waals surface area contributed by atoms with Gasteiger partial charge in [0.2, 0.25) is 5.91 Å². The number of carbonyl (C=O) groups excluding carboxylic acids is 3. The van der Waals surface area contributed by atoms with Crippen LogP contribution in [0.4, 0.5) is 10.8 Å². The predicted molar refractivity (Wildman–Crippen MR) is 188 cm³/mol. The van der Waals surface area contributed by atoms with E-state index in [1.54, 1.807) is 72.8 Å². The van der Waals surface area contributed by atoms with E-state index in [0.717, 1.165) is 20.6 Å². The van der Waals surface area contributed by atoms with Gasteiger partial charge >= 0.3 is 0 Å². The Bertz CT molecular complexity index is 1850. The van der Waals surface area contributed by atoms with Gasteiger partial charge in [-0.1, -0.05) is 75.5 Å². The Morgan fingerprint density at radius 2 is 1.53 bits per heavy atom. The highest BCUT2D eigenvalue weighted by molar-refractivity contribution is 9.10. The molecule has 0 saturated carbocycles. The van der Waals surface area contributed by atoms with Gasteiger partial charge in [-0.3, -0.25) is 14.4 Å². The summed E-state index contributed by atoms with van der Waals surface area (Å²) >= 11 is 18.8. The smallest absolute Gasteiger partial charge is 0.272 e. The fraction of sp³-hybridized carbons (Fsp3) is 0.0303. The molecule has 0 aliphatic rings. The van der Waals surface area contributed by atoms with Gasteiger partial charge in [0.1, 0.15) is 5.70 Å². The first kappa shape index (κ1) is 32.5. The van der Waals surface area contributed by atoms with E-state index in [9.17, 15) is 14.4 Å². The van der Waals surface area contributed by atoms with Crippen LogP contribution in [0.15, 0.2) is 118 Å². The van der Waals surface area contributed by atoms with Gasteiger partial charge in [-0.25, -0.2) is 4.98 Å². The van der Waals surface area contributed by atoms with Gasteiger partial charge < -0.3 is 16.0 Å². The van der Waals surface area contributed by atoms with Crippen LogP contribution in [-0.4, -0.2) is 28.5 Å². The van der Waals surface area contributed by atoms with Crippen LogP contribution in [-0.2, 0) is 9.59 Å². The first-order valence-corrected chi connectivity index (χ1v) is 16.7. The van der Waals surface area contributed by atoms with Gasteiger partial charge in [-0.05, 0) is 66.7 Å². The Balaban J connectivity index is 1.20. The van der Waals surface area contributed by atoms with E-state index >= 15 is 0 Å². The lowest BCUT2D eigenvalue weighted by Crippen LogP contribution is -2.30. The Labute approximate surface area is 286 Å². The lowest BCUT2D eigenvalue weighted by molar-refractivity contribution is -0.114.